The van der Waals surface area contributed by atoms with Crippen LogP contribution in [0.3, 0.4) is 0 Å². The molecule has 0 aromatic rings. The van der Waals surface area contributed by atoms with Crippen LogP contribution in [0.5, 0.6) is 0 Å². The van der Waals surface area contributed by atoms with Crippen molar-refractivity contribution in [1.82, 2.24) is 0 Å². The van der Waals surface area contributed by atoms with Crippen molar-refractivity contribution < 1.29 is 19.7 Å². The van der Waals surface area contributed by atoms with Crippen molar-refractivity contribution in [1.29, 1.82) is 0 Å². The summed E-state index contributed by atoms with van der Waals surface area (Å²) in [5, 5.41) is 20.4. The zero-order valence-corrected chi connectivity index (χ0v) is 16.5. The summed E-state index contributed by atoms with van der Waals surface area (Å²) < 4.78 is 4.66. The summed E-state index contributed by atoms with van der Waals surface area (Å²) in [5.74, 6) is 7.31. The molecule has 0 amide bonds. The number of carbonyl (C=O) groups is 1. The van der Waals surface area contributed by atoms with Crippen molar-refractivity contribution >= 4 is 17.7 Å². The van der Waals surface area contributed by atoms with Crippen LogP contribution in [-0.2, 0) is 9.53 Å². The Balaban J connectivity index is 1.83. The van der Waals surface area contributed by atoms with E-state index in [0.717, 1.165) is 32.1 Å². The van der Waals surface area contributed by atoms with Crippen molar-refractivity contribution in [2.75, 3.05) is 12.9 Å². The van der Waals surface area contributed by atoms with E-state index in [4.69, 9.17) is 0 Å². The molecule has 0 heterocycles. The maximum absolute atomic E-state index is 11.1. The van der Waals surface area contributed by atoms with Gasteiger partial charge in [-0.15, -0.1) is 17.7 Å². The number of esters is 1. The van der Waals surface area contributed by atoms with Crippen molar-refractivity contribution in [3.8, 4) is 11.8 Å². The fourth-order valence-corrected chi connectivity index (χ4v) is 4.67. The molecule has 2 aliphatic carbocycles. The number of rotatable bonds is 8. The number of fused-ring (bicyclic) bond motifs is 1. The number of methoxy groups -OCH3 is 1. The molecule has 26 heavy (non-hydrogen) atoms. The Labute approximate surface area is 161 Å². The third kappa shape index (κ3) is 6.19. The molecular weight excluding hydrogens is 348 g/mol. The number of carbonyl (C=O) groups excluding carboxylic acids is 1. The summed E-state index contributed by atoms with van der Waals surface area (Å²) in [5.41, 5.74) is 0.875. The van der Waals surface area contributed by atoms with Crippen LogP contribution in [0.4, 0.5) is 0 Å². The van der Waals surface area contributed by atoms with E-state index in [1.54, 1.807) is 13.0 Å². The Morgan fingerprint density at radius 3 is 3.00 bits per heavy atom. The van der Waals surface area contributed by atoms with Gasteiger partial charge in [0.2, 0.25) is 0 Å². The van der Waals surface area contributed by atoms with Gasteiger partial charge in [-0.05, 0) is 56.9 Å². The second-order valence-corrected chi connectivity index (χ2v) is 8.16. The first-order valence-corrected chi connectivity index (χ1v) is 10.4. The third-order valence-corrected chi connectivity index (χ3v) is 6.17. The van der Waals surface area contributed by atoms with Gasteiger partial charge in [-0.1, -0.05) is 23.6 Å². The Kier molecular flexibility index (Phi) is 8.77. The molecule has 2 N–H and O–H groups in total. The maximum Gasteiger partial charge on any atom is 0.305 e. The van der Waals surface area contributed by atoms with Gasteiger partial charge in [0.1, 0.15) is 5.44 Å². The van der Waals surface area contributed by atoms with E-state index in [1.165, 1.54) is 24.4 Å². The molecule has 0 aliphatic heterocycles. The summed E-state index contributed by atoms with van der Waals surface area (Å²) >= 11 is 1.39. The minimum Gasteiger partial charge on any atom is -0.469 e. The van der Waals surface area contributed by atoms with Gasteiger partial charge in [0.25, 0.3) is 0 Å². The average molecular weight is 379 g/mol. The Morgan fingerprint density at radius 1 is 1.46 bits per heavy atom. The minimum absolute atomic E-state index is 0.119. The number of ether oxygens (including phenoxy) is 1. The van der Waals surface area contributed by atoms with Gasteiger partial charge in [0.15, 0.2) is 0 Å². The fraction of sp³-hybridized carbons (Fsp3) is 0.667. The van der Waals surface area contributed by atoms with Gasteiger partial charge >= 0.3 is 5.97 Å². The Bertz CT molecular complexity index is 587. The van der Waals surface area contributed by atoms with Gasteiger partial charge in [0, 0.05) is 12.3 Å². The van der Waals surface area contributed by atoms with Gasteiger partial charge in [0.05, 0.1) is 19.0 Å². The first-order valence-electron chi connectivity index (χ1n) is 9.35. The highest BCUT2D eigenvalue weighted by molar-refractivity contribution is 8.00. The zero-order chi connectivity index (χ0) is 18.9. The Morgan fingerprint density at radius 2 is 2.27 bits per heavy atom. The molecule has 0 bridgehead atoms. The third-order valence-electron chi connectivity index (χ3n) is 5.36. The number of hydrogen-bond acceptors (Lipinski definition) is 5. The molecule has 2 saturated carbocycles. The minimum atomic E-state index is -0.572. The number of aliphatic hydroxyl groups is 2. The SMILES string of the molecule is CC#CCS[C@H](O)/C=C/[C@H]1[C@H](O)CC2C/C(=C\CCCC(=O)OC)C[C@@H]21. The first kappa shape index (κ1) is 21.1. The Hall–Kier alpha value is -1.22. The molecule has 2 rings (SSSR count). The monoisotopic (exact) mass is 378 g/mol. The molecule has 144 valence electrons. The lowest BCUT2D eigenvalue weighted by atomic mass is 9.91. The van der Waals surface area contributed by atoms with Gasteiger partial charge in [-0.3, -0.25) is 4.79 Å². The van der Waals surface area contributed by atoms with Gasteiger partial charge in [-0.25, -0.2) is 0 Å². The normalized spacial score (nSPS) is 30.2. The van der Waals surface area contributed by atoms with E-state index in [-0.39, 0.29) is 18.0 Å². The second-order valence-electron chi connectivity index (χ2n) is 7.06. The van der Waals surface area contributed by atoms with Gasteiger partial charge in [-0.2, -0.15) is 0 Å². The lowest BCUT2D eigenvalue weighted by Gasteiger charge is -2.17. The number of hydrogen-bond donors (Lipinski definition) is 2. The number of allylic oxidation sites excluding steroid dienone is 2. The van der Waals surface area contributed by atoms with E-state index in [0.29, 0.717) is 24.0 Å². The number of aliphatic hydroxyl groups excluding tert-OH is 2. The highest BCUT2D eigenvalue weighted by Crippen LogP contribution is 2.50. The first-order chi connectivity index (χ1) is 12.5. The van der Waals surface area contributed by atoms with E-state index < -0.39 is 5.44 Å². The number of thioether (sulfide) groups is 1. The van der Waals surface area contributed by atoms with Crippen molar-refractivity contribution in [2.24, 2.45) is 17.8 Å². The van der Waals surface area contributed by atoms with Crippen molar-refractivity contribution in [3.05, 3.63) is 23.8 Å². The molecule has 0 saturated heterocycles. The molecule has 1 unspecified atom stereocenters. The summed E-state index contributed by atoms with van der Waals surface area (Å²) in [6.07, 6.45) is 10.9. The van der Waals surface area contributed by atoms with E-state index in [2.05, 4.69) is 22.7 Å². The molecule has 5 heteroatoms. The molecule has 2 aliphatic rings. The number of unbranched alkanes of at least 4 members (excludes halogenated alkanes) is 1. The maximum atomic E-state index is 11.1. The van der Waals surface area contributed by atoms with Crippen LogP contribution in [-0.4, -0.2) is 40.6 Å². The molecule has 5 atom stereocenters. The largest absolute Gasteiger partial charge is 0.469 e. The second kappa shape index (κ2) is 10.8. The highest BCUT2D eigenvalue weighted by atomic mass is 32.2. The zero-order valence-electron chi connectivity index (χ0n) is 15.7. The van der Waals surface area contributed by atoms with Crippen LogP contribution in [0.25, 0.3) is 0 Å². The molecule has 0 aromatic heterocycles. The molecule has 0 aromatic carbocycles. The van der Waals surface area contributed by atoms with Crippen LogP contribution in [0.2, 0.25) is 0 Å². The predicted octanol–water partition coefficient (Wildman–Crippen LogP) is 3.29. The summed E-state index contributed by atoms with van der Waals surface area (Å²) in [4.78, 5) is 11.1. The van der Waals surface area contributed by atoms with Gasteiger partial charge < -0.3 is 14.9 Å². The summed E-state index contributed by atoms with van der Waals surface area (Å²) in [6.45, 7) is 1.79. The van der Waals surface area contributed by atoms with Crippen LogP contribution in [0.15, 0.2) is 23.8 Å². The van der Waals surface area contributed by atoms with Crippen LogP contribution < -0.4 is 0 Å². The van der Waals surface area contributed by atoms with Crippen LogP contribution in [0.1, 0.15) is 45.4 Å². The fourth-order valence-electron chi connectivity index (χ4n) is 4.07. The smallest absolute Gasteiger partial charge is 0.305 e. The van der Waals surface area contributed by atoms with Crippen molar-refractivity contribution in [2.45, 2.75) is 57.0 Å². The molecule has 4 nitrogen and oxygen atoms in total. The average Bonchev–Trinajstić information content (AvgIpc) is 3.13. The molecule has 2 fully saturated rings. The molecular formula is C21H30O4S. The lowest BCUT2D eigenvalue weighted by Crippen LogP contribution is -2.17. The summed E-state index contributed by atoms with van der Waals surface area (Å²) in [7, 11) is 1.42. The topological polar surface area (TPSA) is 66.8 Å². The predicted molar refractivity (Wildman–Crippen MR) is 105 cm³/mol. The van der Waals surface area contributed by atoms with Crippen LogP contribution >= 0.6 is 11.8 Å². The lowest BCUT2D eigenvalue weighted by molar-refractivity contribution is -0.140. The van der Waals surface area contributed by atoms with Crippen molar-refractivity contribution in [3.63, 3.8) is 0 Å². The van der Waals surface area contributed by atoms with E-state index >= 15 is 0 Å². The van der Waals surface area contributed by atoms with Crippen LogP contribution in [0, 0.1) is 29.6 Å². The molecule has 0 radical (unpaired) electrons. The van der Waals surface area contributed by atoms with E-state index in [9.17, 15) is 15.0 Å². The summed E-state index contributed by atoms with van der Waals surface area (Å²) in [6, 6.07) is 0. The molecule has 0 spiro atoms. The highest BCUT2D eigenvalue weighted by Gasteiger charge is 2.44. The quantitative estimate of drug-likeness (QED) is 0.223. The van der Waals surface area contributed by atoms with E-state index in [1.807, 2.05) is 6.08 Å². The standard InChI is InChI=1S/C21H30O4S/c1-3-4-11-26-21(24)10-9-17-18-13-15(12-16(18)14-19(17)22)7-5-6-8-20(23)25-2/h7,9-10,16-19,21-22,24H,5-6,8,11-14H2,1-2H3/b10-9+,15-7+/t16?,17-,18+,19-,21+/m1/s1.